The molecule has 3 nitrogen and oxygen atoms in total. The fourth-order valence-corrected chi connectivity index (χ4v) is 3.07. The van der Waals surface area contributed by atoms with Gasteiger partial charge in [0.15, 0.2) is 0 Å². The Kier molecular flexibility index (Phi) is 4.81. The van der Waals surface area contributed by atoms with Crippen molar-refractivity contribution in [2.24, 2.45) is 5.41 Å². The largest absolute Gasteiger partial charge is 0.350 e. The molecule has 5 heteroatoms. The van der Waals surface area contributed by atoms with Gasteiger partial charge in [-0.25, -0.2) is 4.39 Å². The topological polar surface area (TPSA) is 41.1 Å². The number of hydrogen-bond donors (Lipinski definition) is 2. The van der Waals surface area contributed by atoms with E-state index in [1.165, 1.54) is 12.1 Å². The van der Waals surface area contributed by atoms with E-state index in [9.17, 15) is 9.18 Å². The molecule has 2 N–H and O–H groups in total. The van der Waals surface area contributed by atoms with Crippen molar-refractivity contribution in [2.75, 3.05) is 13.1 Å². The van der Waals surface area contributed by atoms with Crippen molar-refractivity contribution in [3.05, 3.63) is 34.1 Å². The normalized spacial score (nSPS) is 21.5. The lowest BCUT2D eigenvalue weighted by atomic mass is 9.77. The highest BCUT2D eigenvalue weighted by atomic mass is 79.9. The van der Waals surface area contributed by atoms with Gasteiger partial charge < -0.3 is 10.6 Å². The van der Waals surface area contributed by atoms with E-state index in [4.69, 9.17) is 0 Å². The van der Waals surface area contributed by atoms with Gasteiger partial charge in [0.25, 0.3) is 5.91 Å². The van der Waals surface area contributed by atoms with Crippen molar-refractivity contribution in [3.8, 4) is 0 Å². The Bertz CT molecular complexity index is 484. The predicted octanol–water partition coefficient (Wildman–Crippen LogP) is 3.10. The summed E-state index contributed by atoms with van der Waals surface area (Å²) in [5.41, 5.74) is 0.499. The Balaban J connectivity index is 1.98. The molecule has 1 atom stereocenters. The summed E-state index contributed by atoms with van der Waals surface area (Å²) in [6.07, 6.45) is 2.31. The second-order valence-corrected chi connectivity index (χ2v) is 6.88. The lowest BCUT2D eigenvalue weighted by Crippen LogP contribution is -2.52. The van der Waals surface area contributed by atoms with Gasteiger partial charge in [-0.2, -0.15) is 0 Å². The SMILES string of the molecule is CC1(C)CCCNC1CNC(=O)c1cc(F)cc(Br)c1. The molecule has 0 aromatic heterocycles. The number of carbonyl (C=O) groups excluding carboxylic acids is 1. The van der Waals surface area contributed by atoms with Gasteiger partial charge in [0.2, 0.25) is 0 Å². The summed E-state index contributed by atoms with van der Waals surface area (Å²) in [5, 5.41) is 6.33. The highest BCUT2D eigenvalue weighted by Crippen LogP contribution is 2.29. The molecule has 2 rings (SSSR count). The molecule has 110 valence electrons. The lowest BCUT2D eigenvalue weighted by molar-refractivity contribution is 0.0928. The van der Waals surface area contributed by atoms with Crippen LogP contribution in [0, 0.1) is 11.2 Å². The smallest absolute Gasteiger partial charge is 0.251 e. The molecule has 1 saturated heterocycles. The number of rotatable bonds is 3. The van der Waals surface area contributed by atoms with E-state index in [0.29, 0.717) is 16.6 Å². The highest BCUT2D eigenvalue weighted by Gasteiger charge is 2.31. The maximum absolute atomic E-state index is 13.3. The summed E-state index contributed by atoms with van der Waals surface area (Å²) in [4.78, 5) is 12.1. The molecule has 1 aromatic rings. The summed E-state index contributed by atoms with van der Waals surface area (Å²) in [7, 11) is 0. The number of halogens is 2. The first-order chi connectivity index (χ1) is 9.38. The van der Waals surface area contributed by atoms with E-state index in [2.05, 4.69) is 40.4 Å². The van der Waals surface area contributed by atoms with Gasteiger partial charge in [-0.15, -0.1) is 0 Å². The van der Waals surface area contributed by atoms with E-state index < -0.39 is 5.82 Å². The zero-order valence-corrected chi connectivity index (χ0v) is 13.4. The van der Waals surface area contributed by atoms with Crippen molar-refractivity contribution < 1.29 is 9.18 Å². The Morgan fingerprint density at radius 2 is 2.25 bits per heavy atom. The molecular weight excluding hydrogens is 323 g/mol. The van der Waals surface area contributed by atoms with Crippen molar-refractivity contribution >= 4 is 21.8 Å². The molecular formula is C15H20BrFN2O. The third-order valence-electron chi connectivity index (χ3n) is 3.92. The predicted molar refractivity (Wildman–Crippen MR) is 81.2 cm³/mol. The van der Waals surface area contributed by atoms with E-state index >= 15 is 0 Å². The molecule has 0 aliphatic carbocycles. The molecule has 20 heavy (non-hydrogen) atoms. The molecule has 1 aliphatic rings. The summed E-state index contributed by atoms with van der Waals surface area (Å²) in [5.74, 6) is -0.658. The monoisotopic (exact) mass is 342 g/mol. The molecule has 1 fully saturated rings. The second kappa shape index (κ2) is 6.22. The molecule has 1 unspecified atom stereocenters. The van der Waals surface area contributed by atoms with Crippen molar-refractivity contribution in [2.45, 2.75) is 32.7 Å². The first-order valence-corrected chi connectivity index (χ1v) is 7.65. The zero-order valence-electron chi connectivity index (χ0n) is 11.8. The van der Waals surface area contributed by atoms with Crippen LogP contribution in [0.1, 0.15) is 37.0 Å². The van der Waals surface area contributed by atoms with Gasteiger partial charge in [0.1, 0.15) is 5.82 Å². The maximum atomic E-state index is 13.3. The van der Waals surface area contributed by atoms with E-state index in [-0.39, 0.29) is 17.4 Å². The Labute approximate surface area is 127 Å². The van der Waals surface area contributed by atoms with Gasteiger partial charge in [-0.3, -0.25) is 4.79 Å². The minimum Gasteiger partial charge on any atom is -0.350 e. The standard InChI is InChI=1S/C15H20BrFN2O/c1-15(2)4-3-5-18-13(15)9-19-14(20)10-6-11(16)8-12(17)7-10/h6-8,13,18H,3-5,9H2,1-2H3,(H,19,20). The molecule has 1 aromatic carbocycles. The fourth-order valence-electron chi connectivity index (χ4n) is 2.60. The van der Waals surface area contributed by atoms with Crippen LogP contribution in [0.2, 0.25) is 0 Å². The van der Waals surface area contributed by atoms with E-state index in [1.807, 2.05) is 0 Å². The summed E-state index contributed by atoms with van der Waals surface area (Å²) < 4.78 is 13.9. The molecule has 1 amide bonds. The molecule has 0 spiro atoms. The summed E-state index contributed by atoms with van der Waals surface area (Å²) in [6.45, 7) is 5.94. The average Bonchev–Trinajstić information content (AvgIpc) is 2.35. The number of piperidine rings is 1. The Hall–Kier alpha value is -0.940. The average molecular weight is 343 g/mol. The van der Waals surface area contributed by atoms with Crippen LogP contribution >= 0.6 is 15.9 Å². The first-order valence-electron chi connectivity index (χ1n) is 6.86. The summed E-state index contributed by atoms with van der Waals surface area (Å²) in [6, 6.07) is 4.46. The van der Waals surface area contributed by atoms with Crippen LogP contribution in [-0.2, 0) is 0 Å². The van der Waals surface area contributed by atoms with Gasteiger partial charge in [0, 0.05) is 22.6 Å². The quantitative estimate of drug-likeness (QED) is 0.886. The number of amides is 1. The van der Waals surface area contributed by atoms with Crippen LogP contribution in [0.4, 0.5) is 4.39 Å². The van der Waals surface area contributed by atoms with Crippen LogP contribution in [0.5, 0.6) is 0 Å². The van der Waals surface area contributed by atoms with Crippen molar-refractivity contribution in [3.63, 3.8) is 0 Å². The van der Waals surface area contributed by atoms with Crippen LogP contribution in [0.25, 0.3) is 0 Å². The van der Waals surface area contributed by atoms with E-state index in [0.717, 1.165) is 19.4 Å². The minimum atomic E-state index is -0.416. The molecule has 0 radical (unpaired) electrons. The third-order valence-corrected chi connectivity index (χ3v) is 4.38. The zero-order chi connectivity index (χ0) is 14.8. The number of nitrogens with one attached hydrogen (secondary N) is 2. The Morgan fingerprint density at radius 3 is 2.90 bits per heavy atom. The van der Waals surface area contributed by atoms with Crippen LogP contribution in [0.3, 0.4) is 0 Å². The summed E-state index contributed by atoms with van der Waals surface area (Å²) >= 11 is 3.19. The lowest BCUT2D eigenvalue weighted by Gasteiger charge is -2.39. The second-order valence-electron chi connectivity index (χ2n) is 5.97. The van der Waals surface area contributed by atoms with Gasteiger partial charge >= 0.3 is 0 Å². The highest BCUT2D eigenvalue weighted by molar-refractivity contribution is 9.10. The third kappa shape index (κ3) is 3.79. The van der Waals surface area contributed by atoms with E-state index in [1.54, 1.807) is 6.07 Å². The van der Waals surface area contributed by atoms with Crippen molar-refractivity contribution in [1.82, 2.24) is 10.6 Å². The van der Waals surface area contributed by atoms with Crippen LogP contribution in [0.15, 0.2) is 22.7 Å². The Morgan fingerprint density at radius 1 is 1.50 bits per heavy atom. The number of hydrogen-bond acceptors (Lipinski definition) is 2. The number of benzene rings is 1. The van der Waals surface area contributed by atoms with Crippen LogP contribution in [-0.4, -0.2) is 25.0 Å². The molecule has 1 aliphatic heterocycles. The fraction of sp³-hybridized carbons (Fsp3) is 0.533. The number of carbonyl (C=O) groups is 1. The molecule has 0 bridgehead atoms. The van der Waals surface area contributed by atoms with Crippen LogP contribution < -0.4 is 10.6 Å². The molecule has 0 saturated carbocycles. The minimum absolute atomic E-state index is 0.161. The first kappa shape index (κ1) is 15.4. The van der Waals surface area contributed by atoms with Crippen molar-refractivity contribution in [1.29, 1.82) is 0 Å². The molecule has 1 heterocycles. The maximum Gasteiger partial charge on any atom is 0.251 e. The van der Waals surface area contributed by atoms with Gasteiger partial charge in [-0.1, -0.05) is 29.8 Å². The van der Waals surface area contributed by atoms with Gasteiger partial charge in [-0.05, 0) is 43.0 Å². The van der Waals surface area contributed by atoms with Gasteiger partial charge in [0.05, 0.1) is 0 Å².